The maximum Gasteiger partial charge on any atom is 0.181 e. The topological polar surface area (TPSA) is 83.9 Å². The van der Waals surface area contributed by atoms with Crippen molar-refractivity contribution in [3.8, 4) is 5.75 Å². The summed E-state index contributed by atoms with van der Waals surface area (Å²) in [6, 6.07) is 5.65. The molecule has 0 amide bonds. The fraction of sp³-hybridized carbons (Fsp3) is 0.214. The zero-order valence-electron chi connectivity index (χ0n) is 11.6. The number of benzene rings is 1. The summed E-state index contributed by atoms with van der Waals surface area (Å²) >= 11 is 1.44. The first-order chi connectivity index (χ1) is 10.2. The number of ether oxygens (including phenoxy) is 1. The smallest absolute Gasteiger partial charge is 0.181 e. The van der Waals surface area contributed by atoms with Crippen molar-refractivity contribution in [3.05, 3.63) is 36.4 Å². The van der Waals surface area contributed by atoms with E-state index in [1.54, 1.807) is 20.4 Å². The molecule has 2 N–H and O–H groups in total. The molecule has 0 fully saturated rings. The van der Waals surface area contributed by atoms with Crippen LogP contribution in [-0.4, -0.2) is 32.2 Å². The first kappa shape index (κ1) is 13.8. The van der Waals surface area contributed by atoms with Crippen LogP contribution in [0.2, 0.25) is 0 Å². The molecule has 0 spiro atoms. The van der Waals surface area contributed by atoms with Crippen molar-refractivity contribution in [1.29, 1.82) is 0 Å². The van der Waals surface area contributed by atoms with Crippen LogP contribution in [0.3, 0.4) is 0 Å². The van der Waals surface area contributed by atoms with E-state index in [1.165, 1.54) is 18.1 Å². The number of aromatic amines is 1. The van der Waals surface area contributed by atoms with Crippen LogP contribution in [0.25, 0.3) is 11.2 Å². The molecule has 0 aliphatic rings. The van der Waals surface area contributed by atoms with Gasteiger partial charge in [0.2, 0.25) is 0 Å². The van der Waals surface area contributed by atoms with Gasteiger partial charge in [0.25, 0.3) is 0 Å². The van der Waals surface area contributed by atoms with E-state index in [4.69, 9.17) is 4.74 Å². The number of imidazole rings is 1. The second-order valence-corrected chi connectivity index (χ2v) is 5.46. The second kappa shape index (κ2) is 5.71. The molecule has 0 saturated carbocycles. The standard InChI is InChI=1S/C14H14N4O2S/c1-8(19)11-9(20-2)4-3-5-10(11)21-14-12-13(16-6-15-12)17-7-18-14/h3-8,19H,1-2H3,(H,15,16,17,18)/t8-/m0/s1. The molecule has 7 heteroatoms. The minimum atomic E-state index is -0.636. The van der Waals surface area contributed by atoms with E-state index >= 15 is 0 Å². The fourth-order valence-electron chi connectivity index (χ4n) is 2.13. The average Bonchev–Trinajstić information content (AvgIpc) is 2.96. The molecule has 6 nitrogen and oxygen atoms in total. The second-order valence-electron chi connectivity index (χ2n) is 4.43. The van der Waals surface area contributed by atoms with Crippen LogP contribution in [0.4, 0.5) is 0 Å². The van der Waals surface area contributed by atoms with E-state index in [0.29, 0.717) is 11.4 Å². The van der Waals surface area contributed by atoms with Crippen molar-refractivity contribution in [2.24, 2.45) is 0 Å². The molecule has 1 aromatic carbocycles. The maximum atomic E-state index is 10.0. The zero-order valence-corrected chi connectivity index (χ0v) is 12.4. The Morgan fingerprint density at radius 3 is 2.90 bits per heavy atom. The molecule has 0 radical (unpaired) electrons. The minimum Gasteiger partial charge on any atom is -0.496 e. The highest BCUT2D eigenvalue weighted by molar-refractivity contribution is 7.99. The molecular weight excluding hydrogens is 288 g/mol. The van der Waals surface area contributed by atoms with Gasteiger partial charge in [-0.3, -0.25) is 0 Å². The van der Waals surface area contributed by atoms with Gasteiger partial charge in [-0.05, 0) is 19.1 Å². The Bertz CT molecular complexity index is 773. The van der Waals surface area contributed by atoms with E-state index in [1.807, 2.05) is 18.2 Å². The van der Waals surface area contributed by atoms with Gasteiger partial charge in [0.05, 0.1) is 19.5 Å². The lowest BCUT2D eigenvalue weighted by molar-refractivity contribution is 0.191. The monoisotopic (exact) mass is 302 g/mol. The Morgan fingerprint density at radius 1 is 1.29 bits per heavy atom. The van der Waals surface area contributed by atoms with Gasteiger partial charge >= 0.3 is 0 Å². The average molecular weight is 302 g/mol. The summed E-state index contributed by atoms with van der Waals surface area (Å²) in [4.78, 5) is 16.4. The Labute approximate surface area is 125 Å². The van der Waals surface area contributed by atoms with E-state index in [9.17, 15) is 5.11 Å². The normalized spacial score (nSPS) is 12.5. The molecular formula is C14H14N4O2S. The quantitative estimate of drug-likeness (QED) is 0.721. The molecule has 1 atom stereocenters. The summed E-state index contributed by atoms with van der Waals surface area (Å²) in [7, 11) is 1.59. The van der Waals surface area contributed by atoms with Gasteiger partial charge in [-0.25, -0.2) is 15.0 Å². The lowest BCUT2D eigenvalue weighted by atomic mass is 10.1. The summed E-state index contributed by atoms with van der Waals surface area (Å²) in [6.45, 7) is 1.72. The van der Waals surface area contributed by atoms with Crippen LogP contribution in [0.15, 0.2) is 40.8 Å². The first-order valence-electron chi connectivity index (χ1n) is 6.37. The molecule has 2 aromatic heterocycles. The minimum absolute atomic E-state index is 0.619. The van der Waals surface area contributed by atoms with Crippen LogP contribution >= 0.6 is 11.8 Å². The van der Waals surface area contributed by atoms with Crippen LogP contribution < -0.4 is 4.74 Å². The van der Waals surface area contributed by atoms with Gasteiger partial charge < -0.3 is 14.8 Å². The fourth-order valence-corrected chi connectivity index (χ4v) is 3.22. The van der Waals surface area contributed by atoms with Crippen molar-refractivity contribution >= 4 is 22.9 Å². The van der Waals surface area contributed by atoms with E-state index in [2.05, 4.69) is 19.9 Å². The molecule has 0 bridgehead atoms. The number of aliphatic hydroxyl groups is 1. The Kier molecular flexibility index (Phi) is 3.76. The molecule has 108 valence electrons. The molecule has 2 heterocycles. The number of nitrogens with one attached hydrogen (secondary N) is 1. The highest BCUT2D eigenvalue weighted by atomic mass is 32.2. The first-order valence-corrected chi connectivity index (χ1v) is 7.19. The van der Waals surface area contributed by atoms with Gasteiger partial charge in [0.1, 0.15) is 22.6 Å². The third-order valence-corrected chi connectivity index (χ3v) is 4.14. The molecule has 0 unspecified atom stereocenters. The van der Waals surface area contributed by atoms with Crippen molar-refractivity contribution in [1.82, 2.24) is 19.9 Å². The van der Waals surface area contributed by atoms with Gasteiger partial charge in [-0.15, -0.1) is 0 Å². The Morgan fingerprint density at radius 2 is 2.14 bits per heavy atom. The highest BCUT2D eigenvalue weighted by Gasteiger charge is 2.17. The predicted octanol–water partition coefficient (Wildman–Crippen LogP) is 2.57. The summed E-state index contributed by atoms with van der Waals surface area (Å²) in [5.74, 6) is 0.657. The van der Waals surface area contributed by atoms with Crippen molar-refractivity contribution in [3.63, 3.8) is 0 Å². The molecule has 21 heavy (non-hydrogen) atoms. The lowest BCUT2D eigenvalue weighted by Gasteiger charge is -2.15. The van der Waals surface area contributed by atoms with Crippen LogP contribution in [-0.2, 0) is 0 Å². The number of rotatable bonds is 4. The lowest BCUT2D eigenvalue weighted by Crippen LogP contribution is -1.99. The summed E-state index contributed by atoms with van der Waals surface area (Å²) in [6.07, 6.45) is 2.43. The van der Waals surface area contributed by atoms with Gasteiger partial charge in [0, 0.05) is 10.5 Å². The number of aromatic nitrogens is 4. The van der Waals surface area contributed by atoms with E-state index < -0.39 is 6.10 Å². The number of methoxy groups -OCH3 is 1. The number of H-pyrrole nitrogens is 1. The Hall–Kier alpha value is -2.12. The molecule has 3 rings (SSSR count). The highest BCUT2D eigenvalue weighted by Crippen LogP contribution is 2.38. The predicted molar refractivity (Wildman–Crippen MR) is 79.4 cm³/mol. The molecule has 0 aliphatic carbocycles. The number of nitrogens with zero attached hydrogens (tertiary/aromatic N) is 3. The molecule has 0 saturated heterocycles. The van der Waals surface area contributed by atoms with Gasteiger partial charge in [-0.1, -0.05) is 17.8 Å². The summed E-state index contributed by atoms with van der Waals surface area (Å²) < 4.78 is 5.33. The maximum absolute atomic E-state index is 10.0. The SMILES string of the molecule is COc1cccc(Sc2ncnc3nc[nH]c23)c1[C@H](C)O. The van der Waals surface area contributed by atoms with Crippen molar-refractivity contribution in [2.45, 2.75) is 22.9 Å². The van der Waals surface area contributed by atoms with Crippen molar-refractivity contribution < 1.29 is 9.84 Å². The number of fused-ring (bicyclic) bond motifs is 1. The number of aliphatic hydroxyl groups excluding tert-OH is 1. The number of hydrogen-bond acceptors (Lipinski definition) is 6. The number of hydrogen-bond donors (Lipinski definition) is 2. The summed E-state index contributed by atoms with van der Waals surface area (Å²) in [5, 5.41) is 10.8. The van der Waals surface area contributed by atoms with Crippen molar-refractivity contribution in [2.75, 3.05) is 7.11 Å². The zero-order chi connectivity index (χ0) is 14.8. The molecule has 0 aliphatic heterocycles. The third kappa shape index (κ3) is 2.57. The molecule has 3 aromatic rings. The van der Waals surface area contributed by atoms with E-state index in [0.717, 1.165) is 21.0 Å². The van der Waals surface area contributed by atoms with Crippen LogP contribution in [0.1, 0.15) is 18.6 Å². The van der Waals surface area contributed by atoms with Crippen LogP contribution in [0.5, 0.6) is 5.75 Å². The summed E-state index contributed by atoms with van der Waals surface area (Å²) in [5.41, 5.74) is 2.15. The van der Waals surface area contributed by atoms with Gasteiger partial charge in [-0.2, -0.15) is 0 Å². The third-order valence-electron chi connectivity index (χ3n) is 3.06. The van der Waals surface area contributed by atoms with Crippen LogP contribution in [0, 0.1) is 0 Å². The Balaban J connectivity index is 2.07. The largest absolute Gasteiger partial charge is 0.496 e. The van der Waals surface area contributed by atoms with Gasteiger partial charge in [0.15, 0.2) is 5.65 Å². The van der Waals surface area contributed by atoms with E-state index in [-0.39, 0.29) is 0 Å².